The average molecular weight is 349 g/mol. The zero-order valence-corrected chi connectivity index (χ0v) is 15.6. The molecule has 0 saturated carbocycles. The van der Waals surface area contributed by atoms with Crippen LogP contribution in [0.5, 0.6) is 0 Å². The number of esters is 1. The number of nitrogens with one attached hydrogen (secondary N) is 2. The van der Waals surface area contributed by atoms with Crippen LogP contribution in [0.3, 0.4) is 0 Å². The summed E-state index contributed by atoms with van der Waals surface area (Å²) in [5, 5.41) is 3.00. The van der Waals surface area contributed by atoms with Gasteiger partial charge in [-0.25, -0.2) is 4.79 Å². The Kier molecular flexibility index (Phi) is 5.87. The lowest BCUT2D eigenvalue weighted by molar-refractivity contribution is -0.125. The second kappa shape index (κ2) is 7.72. The number of amides is 2. The van der Waals surface area contributed by atoms with Gasteiger partial charge in [-0.3, -0.25) is 9.59 Å². The van der Waals surface area contributed by atoms with Gasteiger partial charge in [0.05, 0.1) is 12.7 Å². The first-order valence-electron chi connectivity index (χ1n) is 8.63. The molecule has 0 bridgehead atoms. The van der Waals surface area contributed by atoms with Crippen LogP contribution in [0.4, 0.5) is 0 Å². The monoisotopic (exact) mass is 349 g/mol. The molecule has 0 radical (unpaired) electrons. The third-order valence-corrected chi connectivity index (χ3v) is 4.62. The lowest BCUT2D eigenvalue weighted by atomic mass is 10.0. The predicted octanol–water partition coefficient (Wildman–Crippen LogP) is 1.79. The van der Waals surface area contributed by atoms with Gasteiger partial charge in [0.2, 0.25) is 5.91 Å². The van der Waals surface area contributed by atoms with E-state index in [-0.39, 0.29) is 23.8 Å². The normalized spacial score (nSPS) is 17.5. The van der Waals surface area contributed by atoms with Crippen LogP contribution in [-0.4, -0.2) is 53.9 Å². The number of nitrogens with zero attached hydrogens (tertiary/aromatic N) is 1. The molecule has 2 heterocycles. The van der Waals surface area contributed by atoms with Crippen LogP contribution in [-0.2, 0) is 9.53 Å². The minimum absolute atomic E-state index is 0.000764. The van der Waals surface area contributed by atoms with Gasteiger partial charge in [-0.15, -0.1) is 0 Å². The summed E-state index contributed by atoms with van der Waals surface area (Å²) in [5.41, 5.74) is 2.04. The summed E-state index contributed by atoms with van der Waals surface area (Å²) >= 11 is 0. The molecular formula is C18H27N3O4. The molecular weight excluding hydrogens is 322 g/mol. The summed E-state index contributed by atoms with van der Waals surface area (Å²) in [6.07, 6.45) is 1.69. The summed E-state index contributed by atoms with van der Waals surface area (Å²) in [6.45, 7) is 8.30. The molecule has 1 atom stereocenters. The van der Waals surface area contributed by atoms with Gasteiger partial charge >= 0.3 is 5.97 Å². The van der Waals surface area contributed by atoms with Gasteiger partial charge in [0.15, 0.2) is 0 Å². The Labute approximate surface area is 148 Å². The van der Waals surface area contributed by atoms with Crippen LogP contribution in [0, 0.1) is 19.8 Å². The highest BCUT2D eigenvalue weighted by molar-refractivity contribution is 6.00. The maximum absolute atomic E-state index is 12.9. The summed E-state index contributed by atoms with van der Waals surface area (Å²) < 4.78 is 4.79. The number of aryl methyl sites for hydroxylation is 1. The minimum atomic E-state index is -0.453. The van der Waals surface area contributed by atoms with Crippen molar-refractivity contribution in [3.63, 3.8) is 0 Å². The fraction of sp³-hybridized carbons (Fsp3) is 0.611. The van der Waals surface area contributed by atoms with E-state index in [4.69, 9.17) is 4.74 Å². The van der Waals surface area contributed by atoms with E-state index in [1.165, 1.54) is 7.11 Å². The number of piperidine rings is 1. The van der Waals surface area contributed by atoms with E-state index < -0.39 is 5.97 Å². The smallest absolute Gasteiger partial charge is 0.339 e. The van der Waals surface area contributed by atoms with Crippen molar-refractivity contribution in [2.75, 3.05) is 20.2 Å². The van der Waals surface area contributed by atoms with Crippen LogP contribution < -0.4 is 5.32 Å². The number of methoxy groups -OCH3 is 1. The van der Waals surface area contributed by atoms with Crippen molar-refractivity contribution in [2.24, 2.45) is 5.92 Å². The number of aromatic amines is 1. The molecule has 7 nitrogen and oxygen atoms in total. The minimum Gasteiger partial charge on any atom is -0.465 e. The quantitative estimate of drug-likeness (QED) is 0.811. The van der Waals surface area contributed by atoms with Gasteiger partial charge in [-0.2, -0.15) is 0 Å². The Hall–Kier alpha value is -2.31. The predicted molar refractivity (Wildman–Crippen MR) is 93.5 cm³/mol. The number of aromatic nitrogens is 1. The fourth-order valence-corrected chi connectivity index (χ4v) is 3.18. The highest BCUT2D eigenvalue weighted by Gasteiger charge is 2.29. The molecule has 0 unspecified atom stereocenters. The van der Waals surface area contributed by atoms with E-state index >= 15 is 0 Å². The van der Waals surface area contributed by atoms with Crippen LogP contribution in [0.15, 0.2) is 0 Å². The molecule has 1 aromatic heterocycles. The van der Waals surface area contributed by atoms with E-state index in [1.807, 2.05) is 13.8 Å². The van der Waals surface area contributed by atoms with Gasteiger partial charge in [-0.05, 0) is 32.3 Å². The largest absolute Gasteiger partial charge is 0.465 e. The van der Waals surface area contributed by atoms with Crippen LogP contribution in [0.1, 0.15) is 58.8 Å². The second-order valence-electron chi connectivity index (χ2n) is 6.87. The number of H-pyrrole nitrogens is 1. The van der Waals surface area contributed by atoms with Crippen molar-refractivity contribution in [3.8, 4) is 0 Å². The summed E-state index contributed by atoms with van der Waals surface area (Å²) in [7, 11) is 1.32. The van der Waals surface area contributed by atoms with Gasteiger partial charge < -0.3 is 19.9 Å². The maximum Gasteiger partial charge on any atom is 0.339 e. The van der Waals surface area contributed by atoms with Crippen molar-refractivity contribution < 1.29 is 19.1 Å². The summed E-state index contributed by atoms with van der Waals surface area (Å²) in [6, 6.07) is -0.0379. The second-order valence-corrected chi connectivity index (χ2v) is 6.87. The first-order valence-corrected chi connectivity index (χ1v) is 8.63. The Balaban J connectivity index is 2.15. The SMILES string of the molecule is COC(=O)c1c(C)[nH]c(C(=O)N2CCC[C@@H](NC(=O)C(C)C)C2)c1C. The highest BCUT2D eigenvalue weighted by atomic mass is 16.5. The Bertz CT molecular complexity index is 678. The topological polar surface area (TPSA) is 91.5 Å². The molecule has 1 aromatic rings. The lowest BCUT2D eigenvalue weighted by Gasteiger charge is -2.33. The molecule has 2 amide bonds. The van der Waals surface area contributed by atoms with E-state index in [0.717, 1.165) is 12.8 Å². The zero-order valence-electron chi connectivity index (χ0n) is 15.6. The van der Waals surface area contributed by atoms with Crippen molar-refractivity contribution in [3.05, 3.63) is 22.5 Å². The first kappa shape index (κ1) is 19.0. The van der Waals surface area contributed by atoms with Crippen LogP contribution in [0.25, 0.3) is 0 Å². The van der Waals surface area contributed by atoms with Gasteiger partial charge in [0.1, 0.15) is 5.69 Å². The number of likely N-dealkylation sites (tertiary alicyclic amines) is 1. The molecule has 138 valence electrons. The molecule has 7 heteroatoms. The van der Waals surface area contributed by atoms with Crippen LogP contribution >= 0.6 is 0 Å². The Morgan fingerprint density at radius 2 is 1.96 bits per heavy atom. The van der Waals surface area contributed by atoms with E-state index in [1.54, 1.807) is 18.7 Å². The fourth-order valence-electron chi connectivity index (χ4n) is 3.18. The van der Waals surface area contributed by atoms with Gasteiger partial charge in [0, 0.05) is 30.7 Å². The van der Waals surface area contributed by atoms with Crippen molar-refractivity contribution in [1.82, 2.24) is 15.2 Å². The van der Waals surface area contributed by atoms with Gasteiger partial charge in [-0.1, -0.05) is 13.8 Å². The van der Waals surface area contributed by atoms with Crippen LogP contribution in [0.2, 0.25) is 0 Å². The molecule has 25 heavy (non-hydrogen) atoms. The maximum atomic E-state index is 12.9. The number of carbonyl (C=O) groups is 3. The van der Waals surface area contributed by atoms with E-state index in [2.05, 4.69) is 10.3 Å². The first-order chi connectivity index (χ1) is 11.8. The van der Waals surface area contributed by atoms with Crippen molar-refractivity contribution in [1.29, 1.82) is 0 Å². The third-order valence-electron chi connectivity index (χ3n) is 4.62. The summed E-state index contributed by atoms with van der Waals surface area (Å²) in [4.78, 5) is 41.4. The third kappa shape index (κ3) is 4.03. The molecule has 1 aliphatic heterocycles. The standard InChI is InChI=1S/C18H27N3O4/c1-10(2)16(22)20-13-7-6-8-21(9-13)17(23)15-11(3)14(12(4)19-15)18(24)25-5/h10,13,19H,6-9H2,1-5H3,(H,20,22)/t13-/m1/s1. The zero-order chi connectivity index (χ0) is 18.7. The van der Waals surface area contributed by atoms with Crippen molar-refractivity contribution in [2.45, 2.75) is 46.6 Å². The summed E-state index contributed by atoms with van der Waals surface area (Å²) in [5.74, 6) is -0.688. The molecule has 1 saturated heterocycles. The number of ether oxygens (including phenoxy) is 1. The molecule has 0 aromatic carbocycles. The molecule has 2 N–H and O–H groups in total. The molecule has 1 fully saturated rings. The Morgan fingerprint density at radius 1 is 1.28 bits per heavy atom. The van der Waals surface area contributed by atoms with E-state index in [9.17, 15) is 14.4 Å². The molecule has 0 aliphatic carbocycles. The Morgan fingerprint density at radius 3 is 2.56 bits per heavy atom. The number of rotatable bonds is 4. The average Bonchev–Trinajstić information content (AvgIpc) is 2.88. The highest BCUT2D eigenvalue weighted by Crippen LogP contribution is 2.22. The molecule has 0 spiro atoms. The number of carbonyl (C=O) groups excluding carboxylic acids is 3. The number of hydrogen-bond acceptors (Lipinski definition) is 4. The van der Waals surface area contributed by atoms with E-state index in [0.29, 0.717) is 35.6 Å². The number of hydrogen-bond donors (Lipinski definition) is 2. The molecule has 2 rings (SSSR count). The lowest BCUT2D eigenvalue weighted by Crippen LogP contribution is -2.50. The van der Waals surface area contributed by atoms with Gasteiger partial charge in [0.25, 0.3) is 5.91 Å². The molecule has 1 aliphatic rings. The van der Waals surface area contributed by atoms with Crippen molar-refractivity contribution >= 4 is 17.8 Å².